The molecule has 0 saturated carbocycles. The molecule has 13 heavy (non-hydrogen) atoms. The molecular formula is C11H16O2. The second-order valence-corrected chi connectivity index (χ2v) is 3.56. The summed E-state index contributed by atoms with van der Waals surface area (Å²) in [5.74, 6) is -0.373. The van der Waals surface area contributed by atoms with E-state index in [2.05, 4.69) is 13.2 Å². The van der Waals surface area contributed by atoms with Gasteiger partial charge in [0.05, 0.1) is 5.57 Å². The minimum Gasteiger partial charge on any atom is -0.456 e. The van der Waals surface area contributed by atoms with E-state index in [9.17, 15) is 4.79 Å². The van der Waals surface area contributed by atoms with Crippen molar-refractivity contribution in [2.75, 3.05) is 0 Å². The molecule has 0 aromatic heterocycles. The molecule has 0 aliphatic rings. The Bertz CT molecular complexity index is 241. The molecule has 0 N–H and O–H groups in total. The molecule has 2 heteroatoms. The molecule has 0 radical (unpaired) electrons. The van der Waals surface area contributed by atoms with Gasteiger partial charge in [0.25, 0.3) is 0 Å². The van der Waals surface area contributed by atoms with Crippen LogP contribution in [0.4, 0.5) is 0 Å². The maximum Gasteiger partial charge on any atom is 0.338 e. The number of carbonyl (C=O) groups is 1. The van der Waals surface area contributed by atoms with Crippen LogP contribution in [0, 0.1) is 0 Å². The third kappa shape index (κ3) is 5.01. The van der Waals surface area contributed by atoms with Gasteiger partial charge >= 0.3 is 5.97 Å². The van der Waals surface area contributed by atoms with Gasteiger partial charge in [-0.3, -0.25) is 0 Å². The zero-order valence-electron chi connectivity index (χ0n) is 8.46. The van der Waals surface area contributed by atoms with Crippen LogP contribution in [0.1, 0.15) is 20.8 Å². The highest BCUT2D eigenvalue weighted by Crippen LogP contribution is 2.11. The highest BCUT2D eigenvalue weighted by Gasteiger charge is 2.17. The Hall–Kier alpha value is -1.31. The molecule has 0 aromatic rings. The second kappa shape index (κ2) is 4.65. The van der Waals surface area contributed by atoms with E-state index in [1.165, 1.54) is 12.2 Å². The number of carbonyl (C=O) groups excluding carboxylic acids is 1. The van der Waals surface area contributed by atoms with Crippen molar-refractivity contribution in [1.29, 1.82) is 0 Å². The first kappa shape index (κ1) is 11.7. The zero-order chi connectivity index (χ0) is 10.5. The van der Waals surface area contributed by atoms with Gasteiger partial charge in [-0.15, -0.1) is 0 Å². The molecule has 72 valence electrons. The van der Waals surface area contributed by atoms with E-state index in [1.54, 1.807) is 6.08 Å². The molecule has 0 aliphatic carbocycles. The second-order valence-electron chi connectivity index (χ2n) is 3.56. The lowest BCUT2D eigenvalue weighted by molar-refractivity contribution is -0.149. The molecule has 0 atom stereocenters. The van der Waals surface area contributed by atoms with Crippen molar-refractivity contribution in [2.45, 2.75) is 26.4 Å². The first-order chi connectivity index (χ1) is 5.90. The minimum atomic E-state index is -0.472. The summed E-state index contributed by atoms with van der Waals surface area (Å²) in [6.07, 6.45) is 4.55. The molecule has 0 amide bonds. The van der Waals surface area contributed by atoms with Crippen LogP contribution in [-0.4, -0.2) is 11.6 Å². The maximum absolute atomic E-state index is 11.4. The summed E-state index contributed by atoms with van der Waals surface area (Å²) in [7, 11) is 0. The molecule has 0 rings (SSSR count). The summed E-state index contributed by atoms with van der Waals surface area (Å²) < 4.78 is 5.12. The number of ether oxygens (including phenoxy) is 1. The SMILES string of the molecule is C=CC=C(C=C)C(=O)OC(C)(C)C. The van der Waals surface area contributed by atoms with Crippen molar-refractivity contribution >= 4 is 5.97 Å². The fourth-order valence-electron chi connectivity index (χ4n) is 0.683. The molecule has 0 aromatic carbocycles. The average Bonchev–Trinajstić information content (AvgIpc) is 1.96. The van der Waals surface area contributed by atoms with Crippen LogP contribution in [0.15, 0.2) is 37.0 Å². The number of allylic oxidation sites excluding steroid dienone is 2. The lowest BCUT2D eigenvalue weighted by Gasteiger charge is -2.19. The Balaban J connectivity index is 4.50. The number of hydrogen-bond donors (Lipinski definition) is 0. The molecule has 0 fully saturated rings. The summed E-state index contributed by atoms with van der Waals surface area (Å²) >= 11 is 0. The van der Waals surface area contributed by atoms with Crippen molar-refractivity contribution in [3.05, 3.63) is 37.0 Å². The van der Waals surface area contributed by atoms with E-state index >= 15 is 0 Å². The van der Waals surface area contributed by atoms with Crippen molar-refractivity contribution in [2.24, 2.45) is 0 Å². The first-order valence-electron chi connectivity index (χ1n) is 4.09. The number of rotatable bonds is 3. The molecule has 2 nitrogen and oxygen atoms in total. The number of esters is 1. The molecule has 0 heterocycles. The summed E-state index contributed by atoms with van der Waals surface area (Å²) in [5, 5.41) is 0. The molecular weight excluding hydrogens is 164 g/mol. The lowest BCUT2D eigenvalue weighted by atomic mass is 10.2. The largest absolute Gasteiger partial charge is 0.456 e. The topological polar surface area (TPSA) is 26.3 Å². The van der Waals surface area contributed by atoms with Gasteiger partial charge in [0.2, 0.25) is 0 Å². The molecule has 0 bridgehead atoms. The highest BCUT2D eigenvalue weighted by molar-refractivity contribution is 5.91. The Labute approximate surface area is 79.6 Å². The predicted octanol–water partition coefficient (Wildman–Crippen LogP) is 2.63. The van der Waals surface area contributed by atoms with Gasteiger partial charge in [0.1, 0.15) is 5.60 Å². The molecule has 0 unspecified atom stereocenters. The van der Waals surface area contributed by atoms with Crippen LogP contribution < -0.4 is 0 Å². The third-order valence-electron chi connectivity index (χ3n) is 1.15. The Kier molecular flexibility index (Phi) is 4.18. The van der Waals surface area contributed by atoms with Gasteiger partial charge in [0.15, 0.2) is 0 Å². The van der Waals surface area contributed by atoms with Crippen LogP contribution in [0.3, 0.4) is 0 Å². The van der Waals surface area contributed by atoms with Crippen LogP contribution in [-0.2, 0) is 9.53 Å². The zero-order valence-corrected chi connectivity index (χ0v) is 8.46. The Morgan fingerprint density at radius 3 is 2.15 bits per heavy atom. The van der Waals surface area contributed by atoms with E-state index in [-0.39, 0.29) is 5.97 Å². The van der Waals surface area contributed by atoms with Crippen molar-refractivity contribution < 1.29 is 9.53 Å². The van der Waals surface area contributed by atoms with Gasteiger partial charge in [-0.1, -0.05) is 25.3 Å². The van der Waals surface area contributed by atoms with Crippen molar-refractivity contribution in [3.63, 3.8) is 0 Å². The fraction of sp³-hybridized carbons (Fsp3) is 0.364. The summed E-state index contributed by atoms with van der Waals surface area (Å²) in [6, 6.07) is 0. The third-order valence-corrected chi connectivity index (χ3v) is 1.15. The van der Waals surface area contributed by atoms with Gasteiger partial charge in [-0.05, 0) is 26.8 Å². The number of hydrogen-bond acceptors (Lipinski definition) is 2. The van der Waals surface area contributed by atoms with Crippen LogP contribution in [0.5, 0.6) is 0 Å². The van der Waals surface area contributed by atoms with Crippen LogP contribution in [0.2, 0.25) is 0 Å². The molecule has 0 spiro atoms. The van der Waals surface area contributed by atoms with Crippen molar-refractivity contribution in [3.8, 4) is 0 Å². The Morgan fingerprint density at radius 2 is 1.85 bits per heavy atom. The minimum absolute atomic E-state index is 0.373. The van der Waals surface area contributed by atoms with Gasteiger partial charge < -0.3 is 4.74 Å². The van der Waals surface area contributed by atoms with Gasteiger partial charge in [-0.25, -0.2) is 4.79 Å². The fourth-order valence-corrected chi connectivity index (χ4v) is 0.683. The summed E-state index contributed by atoms with van der Waals surface area (Å²) in [4.78, 5) is 11.4. The van der Waals surface area contributed by atoms with Crippen LogP contribution in [0.25, 0.3) is 0 Å². The predicted molar refractivity (Wildman–Crippen MR) is 54.3 cm³/mol. The Morgan fingerprint density at radius 1 is 1.31 bits per heavy atom. The van der Waals surface area contributed by atoms with Gasteiger partial charge in [-0.2, -0.15) is 0 Å². The maximum atomic E-state index is 11.4. The van der Waals surface area contributed by atoms with E-state index in [0.29, 0.717) is 5.57 Å². The monoisotopic (exact) mass is 180 g/mol. The van der Waals surface area contributed by atoms with Gasteiger partial charge in [0, 0.05) is 0 Å². The van der Waals surface area contributed by atoms with E-state index < -0.39 is 5.60 Å². The summed E-state index contributed by atoms with van der Waals surface area (Å²) in [5.41, 5.74) is -0.0506. The average molecular weight is 180 g/mol. The lowest BCUT2D eigenvalue weighted by Crippen LogP contribution is -2.24. The smallest absolute Gasteiger partial charge is 0.338 e. The highest BCUT2D eigenvalue weighted by atomic mass is 16.6. The standard InChI is InChI=1S/C11H16O2/c1-6-8-9(7-2)10(12)13-11(3,4)5/h6-8H,1-2H2,3-5H3. The van der Waals surface area contributed by atoms with E-state index in [4.69, 9.17) is 4.74 Å². The quantitative estimate of drug-likeness (QED) is 0.379. The van der Waals surface area contributed by atoms with Crippen LogP contribution >= 0.6 is 0 Å². The first-order valence-corrected chi connectivity index (χ1v) is 4.09. The van der Waals surface area contributed by atoms with E-state index in [0.717, 1.165) is 0 Å². The molecule has 0 saturated heterocycles. The van der Waals surface area contributed by atoms with Crippen molar-refractivity contribution in [1.82, 2.24) is 0 Å². The van der Waals surface area contributed by atoms with E-state index in [1.807, 2.05) is 20.8 Å². The summed E-state index contributed by atoms with van der Waals surface area (Å²) in [6.45, 7) is 12.5. The molecule has 0 aliphatic heterocycles. The normalized spacial score (nSPS) is 12.1.